The standard InChI is InChI=1S/C28H21BrIN3O6S2/c1-3-38-27(35)23-15(2)31-28-32(24(23)21-5-4-10-40-21)26(34)22(41-28)12-17-11-18(29)13-20(30)25(17)39-14-16-6-8-19(9-7-16)33(36)37/h4-13,24H,3,14H2,1-2H3/b22-12-/t24-/m0/s1. The Kier molecular flexibility index (Phi) is 8.87. The van der Waals surface area contributed by atoms with Crippen molar-refractivity contribution in [1.29, 1.82) is 0 Å². The number of thiazole rings is 1. The molecular weight excluding hydrogens is 745 g/mol. The lowest BCUT2D eigenvalue weighted by Gasteiger charge is -2.23. The van der Waals surface area contributed by atoms with Gasteiger partial charge in [0, 0.05) is 27.0 Å². The number of carbonyl (C=O) groups is 1. The van der Waals surface area contributed by atoms with E-state index in [2.05, 4.69) is 43.5 Å². The smallest absolute Gasteiger partial charge is 0.338 e. The van der Waals surface area contributed by atoms with Crippen molar-refractivity contribution in [2.24, 2.45) is 4.99 Å². The summed E-state index contributed by atoms with van der Waals surface area (Å²) in [6.07, 6.45) is 1.76. The molecule has 9 nitrogen and oxygen atoms in total. The molecule has 0 spiro atoms. The highest BCUT2D eigenvalue weighted by Crippen LogP contribution is 2.34. The van der Waals surface area contributed by atoms with Crippen LogP contribution < -0.4 is 19.6 Å². The highest BCUT2D eigenvalue weighted by molar-refractivity contribution is 14.1. The Morgan fingerprint density at radius 1 is 1.27 bits per heavy atom. The van der Waals surface area contributed by atoms with Gasteiger partial charge in [-0.05, 0) is 83.8 Å². The van der Waals surface area contributed by atoms with Crippen LogP contribution in [0.15, 0.2) is 79.4 Å². The summed E-state index contributed by atoms with van der Waals surface area (Å²) in [5, 5.41) is 12.9. The molecule has 2 aromatic heterocycles. The lowest BCUT2D eigenvalue weighted by molar-refractivity contribution is -0.384. The van der Waals surface area contributed by atoms with Crippen LogP contribution in [0.25, 0.3) is 6.08 Å². The van der Waals surface area contributed by atoms with Gasteiger partial charge in [0.25, 0.3) is 11.2 Å². The number of fused-ring (bicyclic) bond motifs is 1. The minimum atomic E-state index is -0.645. The third kappa shape index (κ3) is 6.08. The predicted octanol–water partition coefficient (Wildman–Crippen LogP) is 5.71. The molecular formula is C28H21BrIN3O6S2. The van der Waals surface area contributed by atoms with E-state index < -0.39 is 16.9 Å². The van der Waals surface area contributed by atoms with Crippen molar-refractivity contribution in [1.82, 2.24) is 4.57 Å². The number of aromatic nitrogens is 1. The molecule has 41 heavy (non-hydrogen) atoms. The maximum Gasteiger partial charge on any atom is 0.338 e. The number of esters is 1. The van der Waals surface area contributed by atoms with Crippen LogP contribution in [-0.2, 0) is 16.1 Å². The number of nitro benzene ring substituents is 1. The Morgan fingerprint density at radius 2 is 2.02 bits per heavy atom. The Hall–Kier alpha value is -3.14. The summed E-state index contributed by atoms with van der Waals surface area (Å²) < 4.78 is 15.1. The average Bonchev–Trinajstić information content (AvgIpc) is 3.56. The van der Waals surface area contributed by atoms with E-state index in [1.54, 1.807) is 36.6 Å². The largest absolute Gasteiger partial charge is 0.487 e. The Morgan fingerprint density at radius 3 is 2.68 bits per heavy atom. The second kappa shape index (κ2) is 12.4. The first kappa shape index (κ1) is 29.4. The van der Waals surface area contributed by atoms with E-state index in [4.69, 9.17) is 9.47 Å². The van der Waals surface area contributed by atoms with Crippen LogP contribution in [-0.4, -0.2) is 22.1 Å². The summed E-state index contributed by atoms with van der Waals surface area (Å²) in [6.45, 7) is 3.88. The maximum atomic E-state index is 13.9. The topological polar surface area (TPSA) is 113 Å². The highest BCUT2D eigenvalue weighted by atomic mass is 127. The van der Waals surface area contributed by atoms with Crippen LogP contribution in [0.3, 0.4) is 0 Å². The maximum absolute atomic E-state index is 13.9. The Bertz CT molecular complexity index is 1860. The summed E-state index contributed by atoms with van der Waals surface area (Å²) in [7, 11) is 0. The molecule has 0 aliphatic carbocycles. The van der Waals surface area contributed by atoms with Gasteiger partial charge < -0.3 is 9.47 Å². The van der Waals surface area contributed by atoms with Crippen molar-refractivity contribution in [3.8, 4) is 5.75 Å². The van der Waals surface area contributed by atoms with Crippen molar-refractivity contribution in [2.75, 3.05) is 6.61 Å². The Labute approximate surface area is 263 Å². The normalized spacial score (nSPS) is 14.9. The van der Waals surface area contributed by atoms with Crippen LogP contribution in [0.2, 0.25) is 0 Å². The molecule has 1 atom stereocenters. The van der Waals surface area contributed by atoms with Gasteiger partial charge in [-0.25, -0.2) is 9.79 Å². The molecule has 0 N–H and O–H groups in total. The molecule has 0 saturated heterocycles. The van der Waals surface area contributed by atoms with Crippen molar-refractivity contribution >= 4 is 78.9 Å². The number of non-ortho nitro benzene ring substituents is 1. The molecule has 5 rings (SSSR count). The van der Waals surface area contributed by atoms with Crippen molar-refractivity contribution < 1.29 is 19.2 Å². The van der Waals surface area contributed by atoms with E-state index in [0.717, 1.165) is 18.5 Å². The molecule has 2 aromatic carbocycles. The number of ether oxygens (including phenoxy) is 2. The van der Waals surface area contributed by atoms with Crippen molar-refractivity contribution in [3.05, 3.63) is 119 Å². The lowest BCUT2D eigenvalue weighted by Crippen LogP contribution is -2.39. The number of hydrogen-bond acceptors (Lipinski definition) is 9. The van der Waals surface area contributed by atoms with Gasteiger partial charge in [-0.3, -0.25) is 19.5 Å². The lowest BCUT2D eigenvalue weighted by atomic mass is 10.0. The summed E-state index contributed by atoms with van der Waals surface area (Å²) in [5.41, 5.74) is 2.02. The summed E-state index contributed by atoms with van der Waals surface area (Å²) >= 11 is 8.40. The van der Waals surface area contributed by atoms with Gasteiger partial charge in [0.05, 0.1) is 30.9 Å². The zero-order valence-corrected chi connectivity index (χ0v) is 27.0. The number of halogens is 2. The predicted molar refractivity (Wildman–Crippen MR) is 169 cm³/mol. The molecule has 13 heteroatoms. The van der Waals surface area contributed by atoms with Gasteiger partial charge in [-0.15, -0.1) is 11.3 Å². The molecule has 0 amide bonds. The summed E-state index contributed by atoms with van der Waals surface area (Å²) in [4.78, 5) is 43.4. The van der Waals surface area contributed by atoms with Crippen LogP contribution in [0, 0.1) is 13.7 Å². The van der Waals surface area contributed by atoms with Crippen LogP contribution in [0.1, 0.15) is 35.9 Å². The number of nitrogens with zero attached hydrogens (tertiary/aromatic N) is 3. The van der Waals surface area contributed by atoms with E-state index in [1.165, 1.54) is 34.8 Å². The van der Waals surface area contributed by atoms with Gasteiger partial charge in [-0.1, -0.05) is 33.3 Å². The quantitative estimate of drug-likeness (QED) is 0.0983. The number of hydrogen-bond donors (Lipinski definition) is 0. The molecule has 1 aliphatic heterocycles. The molecule has 0 radical (unpaired) electrons. The van der Waals surface area contributed by atoms with Gasteiger partial charge in [0.2, 0.25) is 0 Å². The van der Waals surface area contributed by atoms with E-state index in [1.807, 2.05) is 29.6 Å². The molecule has 0 saturated carbocycles. The number of thiophene rings is 1. The van der Waals surface area contributed by atoms with Gasteiger partial charge in [0.15, 0.2) is 4.80 Å². The van der Waals surface area contributed by atoms with E-state index in [0.29, 0.717) is 31.9 Å². The first-order valence-electron chi connectivity index (χ1n) is 12.3. The van der Waals surface area contributed by atoms with Crippen molar-refractivity contribution in [2.45, 2.75) is 26.5 Å². The minimum Gasteiger partial charge on any atom is -0.487 e. The Balaban J connectivity index is 1.58. The first-order chi connectivity index (χ1) is 19.7. The van der Waals surface area contributed by atoms with Crippen molar-refractivity contribution in [3.63, 3.8) is 0 Å². The van der Waals surface area contributed by atoms with E-state index in [-0.39, 0.29) is 24.5 Å². The summed E-state index contributed by atoms with van der Waals surface area (Å²) in [5.74, 6) is 0.0705. The van der Waals surface area contributed by atoms with Gasteiger partial charge >= 0.3 is 5.97 Å². The van der Waals surface area contributed by atoms with Crippen LogP contribution in [0.5, 0.6) is 5.75 Å². The second-order valence-corrected chi connectivity index (χ2v) is 12.9. The molecule has 4 aromatic rings. The minimum absolute atomic E-state index is 0.00485. The average molecular weight is 766 g/mol. The highest BCUT2D eigenvalue weighted by Gasteiger charge is 2.34. The molecule has 1 aliphatic rings. The number of benzene rings is 2. The number of allylic oxidation sites excluding steroid dienone is 1. The van der Waals surface area contributed by atoms with Crippen LogP contribution >= 0.6 is 61.2 Å². The zero-order chi connectivity index (χ0) is 29.3. The molecule has 3 heterocycles. The molecule has 0 fully saturated rings. The van der Waals surface area contributed by atoms with Gasteiger partial charge in [-0.2, -0.15) is 0 Å². The molecule has 210 valence electrons. The summed E-state index contributed by atoms with van der Waals surface area (Å²) in [6, 6.07) is 13.1. The molecule has 0 bridgehead atoms. The first-order valence-corrected chi connectivity index (χ1v) is 15.8. The van der Waals surface area contributed by atoms with E-state index >= 15 is 0 Å². The third-order valence-electron chi connectivity index (χ3n) is 6.18. The number of nitro groups is 1. The van der Waals surface area contributed by atoms with E-state index in [9.17, 15) is 19.7 Å². The zero-order valence-electron chi connectivity index (χ0n) is 21.6. The fraction of sp³-hybridized carbons (Fsp3) is 0.179. The SMILES string of the molecule is CCOC(=O)C1=C(C)N=c2s/c(=C\c3cc(Br)cc(I)c3OCc3ccc([N+](=O)[O-])cc3)c(=O)n2[C@H]1c1cccs1. The molecule has 0 unspecified atom stereocenters. The van der Waals surface area contributed by atoms with Gasteiger partial charge in [0.1, 0.15) is 18.4 Å². The number of rotatable bonds is 8. The third-order valence-corrected chi connectivity index (χ3v) is 9.35. The fourth-order valence-electron chi connectivity index (χ4n) is 4.36. The fourth-order valence-corrected chi connectivity index (χ4v) is 7.93. The number of carbonyl (C=O) groups excluding carboxylic acids is 1. The van der Waals surface area contributed by atoms with Crippen LogP contribution in [0.4, 0.5) is 5.69 Å². The second-order valence-electron chi connectivity index (χ2n) is 8.84. The monoisotopic (exact) mass is 765 g/mol.